The Morgan fingerprint density at radius 1 is 1.53 bits per heavy atom. The topological polar surface area (TPSA) is 71.3 Å². The maximum absolute atomic E-state index is 11.5. The van der Waals surface area contributed by atoms with Gasteiger partial charge in [0.1, 0.15) is 0 Å². The summed E-state index contributed by atoms with van der Waals surface area (Å²) >= 11 is 5.99. The molecule has 6 heteroatoms. The Bertz CT molecular complexity index is 509. The number of methoxy groups -OCH3 is 1. The van der Waals surface area contributed by atoms with Gasteiger partial charge < -0.3 is 14.8 Å². The molecule has 0 unspecified atom stereocenters. The van der Waals surface area contributed by atoms with Crippen LogP contribution in [0.25, 0.3) is 0 Å². The molecule has 0 atom stereocenters. The van der Waals surface area contributed by atoms with E-state index >= 15 is 0 Å². The first-order valence-corrected chi connectivity index (χ1v) is 6.05. The van der Waals surface area contributed by atoms with Gasteiger partial charge >= 0.3 is 0 Å². The van der Waals surface area contributed by atoms with Crippen molar-refractivity contribution in [3.05, 3.63) is 22.7 Å². The second-order valence-corrected chi connectivity index (χ2v) is 4.52. The van der Waals surface area contributed by atoms with Crippen molar-refractivity contribution in [2.75, 3.05) is 13.7 Å². The molecule has 1 aromatic carbocycles. The molecule has 0 fully saturated rings. The van der Waals surface area contributed by atoms with E-state index in [1.807, 2.05) is 19.9 Å². The van der Waals surface area contributed by atoms with E-state index in [4.69, 9.17) is 26.3 Å². The Kier molecular flexibility index (Phi) is 5.46. The summed E-state index contributed by atoms with van der Waals surface area (Å²) in [5.74, 6) is 0.320. The largest absolute Gasteiger partial charge is 0.493 e. The van der Waals surface area contributed by atoms with Crippen LogP contribution in [0, 0.1) is 11.3 Å². The normalized spacial score (nSPS) is 9.89. The number of hydrogen-bond donors (Lipinski definition) is 1. The smallest absolute Gasteiger partial charge is 0.258 e. The number of hydrogen-bond acceptors (Lipinski definition) is 4. The minimum atomic E-state index is -0.252. The second-order valence-electron chi connectivity index (χ2n) is 4.11. The van der Waals surface area contributed by atoms with Crippen LogP contribution in [0.15, 0.2) is 12.1 Å². The van der Waals surface area contributed by atoms with Crippen molar-refractivity contribution in [1.29, 1.82) is 5.26 Å². The third kappa shape index (κ3) is 4.34. The highest BCUT2D eigenvalue weighted by Crippen LogP contribution is 2.36. The van der Waals surface area contributed by atoms with Crippen molar-refractivity contribution in [3.8, 4) is 17.6 Å². The maximum atomic E-state index is 11.5. The van der Waals surface area contributed by atoms with Crippen molar-refractivity contribution in [3.63, 3.8) is 0 Å². The molecule has 0 bridgehead atoms. The molecule has 0 aliphatic heterocycles. The molecule has 1 N–H and O–H groups in total. The first-order valence-electron chi connectivity index (χ1n) is 5.67. The van der Waals surface area contributed by atoms with E-state index in [9.17, 15) is 4.79 Å². The van der Waals surface area contributed by atoms with Crippen LogP contribution in [0.1, 0.15) is 19.4 Å². The van der Waals surface area contributed by atoms with Crippen LogP contribution < -0.4 is 14.8 Å². The fourth-order valence-electron chi connectivity index (χ4n) is 1.43. The average Bonchev–Trinajstić information content (AvgIpc) is 2.35. The molecule has 1 aromatic rings. The van der Waals surface area contributed by atoms with Gasteiger partial charge in [-0.2, -0.15) is 5.26 Å². The summed E-state index contributed by atoms with van der Waals surface area (Å²) in [7, 11) is 1.44. The number of nitriles is 1. The van der Waals surface area contributed by atoms with Gasteiger partial charge in [-0.1, -0.05) is 11.6 Å². The summed E-state index contributed by atoms with van der Waals surface area (Å²) in [4.78, 5) is 11.5. The van der Waals surface area contributed by atoms with Crippen LogP contribution in [0.2, 0.25) is 5.02 Å². The first-order chi connectivity index (χ1) is 8.97. The van der Waals surface area contributed by atoms with E-state index in [1.54, 1.807) is 0 Å². The molecule has 0 saturated carbocycles. The molecule has 19 heavy (non-hydrogen) atoms. The zero-order valence-corrected chi connectivity index (χ0v) is 11.7. The third-order valence-corrected chi connectivity index (χ3v) is 2.44. The highest BCUT2D eigenvalue weighted by Gasteiger charge is 2.14. The lowest BCUT2D eigenvalue weighted by molar-refractivity contribution is -0.123. The SMILES string of the molecule is COc1cc(C#N)cc(Cl)c1OCC(=O)NC(C)C. The second kappa shape index (κ2) is 6.86. The molecule has 0 spiro atoms. The Hall–Kier alpha value is -1.93. The predicted octanol–water partition coefficient (Wildman–Crippen LogP) is 2.12. The molecule has 0 aromatic heterocycles. The number of carbonyl (C=O) groups is 1. The summed E-state index contributed by atoms with van der Waals surface area (Å²) in [5.41, 5.74) is 0.362. The predicted molar refractivity (Wildman–Crippen MR) is 71.5 cm³/mol. The fraction of sp³-hybridized carbons (Fsp3) is 0.385. The number of benzene rings is 1. The number of nitrogens with one attached hydrogen (secondary N) is 1. The summed E-state index contributed by atoms with van der Waals surface area (Å²) in [6.07, 6.45) is 0. The van der Waals surface area contributed by atoms with E-state index < -0.39 is 0 Å². The number of rotatable bonds is 5. The molecule has 0 heterocycles. The van der Waals surface area contributed by atoms with Gasteiger partial charge in [0, 0.05) is 12.1 Å². The van der Waals surface area contributed by atoms with Gasteiger partial charge in [-0.15, -0.1) is 0 Å². The maximum Gasteiger partial charge on any atom is 0.258 e. The van der Waals surface area contributed by atoms with E-state index in [0.717, 1.165) is 0 Å². The van der Waals surface area contributed by atoms with Gasteiger partial charge in [0.2, 0.25) is 0 Å². The van der Waals surface area contributed by atoms with Crippen molar-refractivity contribution in [1.82, 2.24) is 5.32 Å². The Morgan fingerprint density at radius 2 is 2.21 bits per heavy atom. The summed E-state index contributed by atoms with van der Waals surface area (Å²) < 4.78 is 10.4. The van der Waals surface area contributed by atoms with Crippen molar-refractivity contribution in [2.45, 2.75) is 19.9 Å². The summed E-state index contributed by atoms with van der Waals surface area (Å²) in [6.45, 7) is 3.54. The van der Waals surface area contributed by atoms with Crippen molar-refractivity contribution >= 4 is 17.5 Å². The quantitative estimate of drug-likeness (QED) is 0.898. The van der Waals surface area contributed by atoms with Crippen LogP contribution in [0.5, 0.6) is 11.5 Å². The Balaban J connectivity index is 2.84. The van der Waals surface area contributed by atoms with Gasteiger partial charge in [-0.05, 0) is 19.9 Å². The van der Waals surface area contributed by atoms with Crippen LogP contribution in [-0.2, 0) is 4.79 Å². The number of amides is 1. The molecular formula is C13H15ClN2O3. The third-order valence-electron chi connectivity index (χ3n) is 2.16. The van der Waals surface area contributed by atoms with Crippen molar-refractivity contribution in [2.24, 2.45) is 0 Å². The highest BCUT2D eigenvalue weighted by molar-refractivity contribution is 6.32. The fourth-order valence-corrected chi connectivity index (χ4v) is 1.69. The molecule has 5 nitrogen and oxygen atoms in total. The van der Waals surface area contributed by atoms with Crippen LogP contribution in [0.4, 0.5) is 0 Å². The average molecular weight is 283 g/mol. The lowest BCUT2D eigenvalue weighted by atomic mass is 10.2. The molecule has 0 saturated heterocycles. The van der Waals surface area contributed by atoms with Gasteiger partial charge in [-0.3, -0.25) is 4.79 Å². The minimum Gasteiger partial charge on any atom is -0.493 e. The number of carbonyl (C=O) groups excluding carboxylic acids is 1. The minimum absolute atomic E-state index is 0.0365. The molecule has 0 aliphatic carbocycles. The molecule has 102 valence electrons. The molecule has 0 aliphatic rings. The lowest BCUT2D eigenvalue weighted by Crippen LogP contribution is -2.34. The lowest BCUT2D eigenvalue weighted by Gasteiger charge is -2.13. The zero-order chi connectivity index (χ0) is 14.4. The van der Waals surface area contributed by atoms with E-state index in [-0.39, 0.29) is 29.3 Å². The monoisotopic (exact) mass is 282 g/mol. The van der Waals surface area contributed by atoms with Crippen LogP contribution in [0.3, 0.4) is 0 Å². The Morgan fingerprint density at radius 3 is 2.74 bits per heavy atom. The number of halogens is 1. The van der Waals surface area contributed by atoms with E-state index in [0.29, 0.717) is 11.3 Å². The van der Waals surface area contributed by atoms with E-state index in [1.165, 1.54) is 19.2 Å². The summed E-state index contributed by atoms with van der Waals surface area (Å²) in [6, 6.07) is 4.96. The highest BCUT2D eigenvalue weighted by atomic mass is 35.5. The molecule has 1 amide bonds. The molecule has 1 rings (SSSR count). The molecular weight excluding hydrogens is 268 g/mol. The standard InChI is InChI=1S/C13H15ClN2O3/c1-8(2)16-12(17)7-19-13-10(14)4-9(6-15)5-11(13)18-3/h4-5,8H,7H2,1-3H3,(H,16,17). The Labute approximate surface area is 117 Å². The number of nitrogens with zero attached hydrogens (tertiary/aromatic N) is 1. The van der Waals surface area contributed by atoms with Crippen LogP contribution >= 0.6 is 11.6 Å². The van der Waals surface area contributed by atoms with Gasteiger partial charge in [-0.25, -0.2) is 0 Å². The summed E-state index contributed by atoms with van der Waals surface area (Å²) in [5, 5.41) is 11.7. The zero-order valence-electron chi connectivity index (χ0n) is 11.0. The van der Waals surface area contributed by atoms with Gasteiger partial charge in [0.05, 0.1) is 23.8 Å². The van der Waals surface area contributed by atoms with E-state index in [2.05, 4.69) is 5.32 Å². The molecule has 0 radical (unpaired) electrons. The van der Waals surface area contributed by atoms with Gasteiger partial charge in [0.25, 0.3) is 5.91 Å². The van der Waals surface area contributed by atoms with Crippen LogP contribution in [-0.4, -0.2) is 25.7 Å². The first kappa shape index (κ1) is 15.1. The van der Waals surface area contributed by atoms with Gasteiger partial charge in [0.15, 0.2) is 18.1 Å². The van der Waals surface area contributed by atoms with Crippen molar-refractivity contribution < 1.29 is 14.3 Å². The number of ether oxygens (including phenoxy) is 2.